The molecular formula is C27H38O6. The van der Waals surface area contributed by atoms with Crippen molar-refractivity contribution in [1.82, 2.24) is 0 Å². The van der Waals surface area contributed by atoms with E-state index in [2.05, 4.69) is 6.58 Å². The minimum atomic E-state index is -1.96. The highest BCUT2D eigenvalue weighted by Crippen LogP contribution is 2.68. The minimum Gasteiger partial charge on any atom is -0.461 e. The number of carbonyl (C=O) groups is 1. The lowest BCUT2D eigenvalue weighted by Crippen LogP contribution is -2.82. The van der Waals surface area contributed by atoms with E-state index in [1.807, 2.05) is 26.8 Å². The molecule has 1 aromatic rings. The lowest BCUT2D eigenvalue weighted by Gasteiger charge is -2.71. The first-order chi connectivity index (χ1) is 15.4. The molecule has 0 spiro atoms. The molecule has 0 amide bonds. The second-order valence-electron chi connectivity index (χ2n) is 11.7. The highest BCUT2D eigenvalue weighted by Gasteiger charge is 2.77. The van der Waals surface area contributed by atoms with Gasteiger partial charge < -0.3 is 25.2 Å². The van der Waals surface area contributed by atoms with Gasteiger partial charge in [-0.15, -0.1) is 6.58 Å². The molecule has 7 atom stereocenters. The van der Waals surface area contributed by atoms with Gasteiger partial charge in [-0.2, -0.15) is 0 Å². The quantitative estimate of drug-likeness (QED) is 0.408. The van der Waals surface area contributed by atoms with Crippen molar-refractivity contribution in [3.63, 3.8) is 0 Å². The maximum absolute atomic E-state index is 12.9. The molecule has 182 valence electrons. The first-order valence-electron chi connectivity index (χ1n) is 12.0. The Bertz CT molecular complexity index is 914. The predicted molar refractivity (Wildman–Crippen MR) is 124 cm³/mol. The third-order valence-corrected chi connectivity index (χ3v) is 9.27. The van der Waals surface area contributed by atoms with Gasteiger partial charge in [-0.1, -0.05) is 51.5 Å². The average Bonchev–Trinajstić information content (AvgIpc) is 2.78. The Hall–Kier alpha value is -1.73. The summed E-state index contributed by atoms with van der Waals surface area (Å²) >= 11 is 0. The largest absolute Gasteiger partial charge is 0.461 e. The summed E-state index contributed by atoms with van der Waals surface area (Å²) in [4.78, 5) is 12.9. The lowest BCUT2D eigenvalue weighted by atomic mass is 9.38. The molecule has 7 unspecified atom stereocenters. The van der Waals surface area contributed by atoms with Crippen LogP contribution in [0, 0.1) is 22.2 Å². The maximum Gasteiger partial charge on any atom is 0.338 e. The van der Waals surface area contributed by atoms with Gasteiger partial charge in [0.25, 0.3) is 0 Å². The van der Waals surface area contributed by atoms with E-state index >= 15 is 0 Å². The molecule has 3 fully saturated rings. The zero-order chi connectivity index (χ0) is 24.3. The van der Waals surface area contributed by atoms with Crippen molar-refractivity contribution in [2.24, 2.45) is 22.2 Å². The molecule has 0 aliphatic heterocycles. The van der Waals surface area contributed by atoms with Crippen LogP contribution < -0.4 is 0 Å². The Morgan fingerprint density at radius 2 is 1.76 bits per heavy atom. The monoisotopic (exact) mass is 458 g/mol. The summed E-state index contributed by atoms with van der Waals surface area (Å²) in [6.45, 7) is 9.74. The van der Waals surface area contributed by atoms with Crippen LogP contribution in [0.4, 0.5) is 0 Å². The Morgan fingerprint density at radius 3 is 2.39 bits per heavy atom. The highest BCUT2D eigenvalue weighted by molar-refractivity contribution is 5.89. The molecule has 0 saturated heterocycles. The van der Waals surface area contributed by atoms with Crippen molar-refractivity contribution < 1.29 is 30.0 Å². The zero-order valence-corrected chi connectivity index (χ0v) is 20.0. The molecule has 0 aromatic heterocycles. The summed E-state index contributed by atoms with van der Waals surface area (Å²) in [6.07, 6.45) is 1.85. The van der Waals surface area contributed by atoms with Gasteiger partial charge >= 0.3 is 5.97 Å². The van der Waals surface area contributed by atoms with Gasteiger partial charge in [0.05, 0.1) is 11.7 Å². The lowest BCUT2D eigenvalue weighted by molar-refractivity contribution is -0.364. The molecular weight excluding hydrogens is 420 g/mol. The maximum atomic E-state index is 12.9. The number of rotatable bonds is 4. The van der Waals surface area contributed by atoms with E-state index in [1.54, 1.807) is 30.3 Å². The van der Waals surface area contributed by atoms with E-state index in [0.717, 1.165) is 12.8 Å². The molecule has 4 N–H and O–H groups in total. The molecule has 0 radical (unpaired) electrons. The van der Waals surface area contributed by atoms with Gasteiger partial charge in [0.15, 0.2) is 0 Å². The Morgan fingerprint density at radius 1 is 1.09 bits per heavy atom. The second kappa shape index (κ2) is 7.91. The number of fused-ring (bicyclic) bond motifs is 3. The highest BCUT2D eigenvalue weighted by atomic mass is 16.5. The van der Waals surface area contributed by atoms with Crippen LogP contribution in [0.1, 0.15) is 69.7 Å². The van der Waals surface area contributed by atoms with Crippen molar-refractivity contribution >= 4 is 5.97 Å². The number of allylic oxidation sites excluding steroid dienone is 1. The molecule has 3 saturated carbocycles. The van der Waals surface area contributed by atoms with Crippen LogP contribution in [0.2, 0.25) is 0 Å². The third-order valence-electron chi connectivity index (χ3n) is 9.27. The van der Waals surface area contributed by atoms with Crippen molar-refractivity contribution in [3.05, 3.63) is 48.6 Å². The smallest absolute Gasteiger partial charge is 0.338 e. The van der Waals surface area contributed by atoms with E-state index < -0.39 is 51.5 Å². The third kappa shape index (κ3) is 3.41. The number of benzene rings is 1. The van der Waals surface area contributed by atoms with Crippen LogP contribution in [0.5, 0.6) is 0 Å². The number of carbonyl (C=O) groups excluding carboxylic acids is 1. The Labute approximate surface area is 196 Å². The molecule has 1 aromatic carbocycles. The van der Waals surface area contributed by atoms with Crippen LogP contribution in [-0.2, 0) is 4.74 Å². The molecule has 4 rings (SSSR count). The molecule has 3 aliphatic rings. The van der Waals surface area contributed by atoms with Crippen molar-refractivity contribution in [3.8, 4) is 0 Å². The molecule has 0 bridgehead atoms. The summed E-state index contributed by atoms with van der Waals surface area (Å²) in [7, 11) is 0. The van der Waals surface area contributed by atoms with E-state index in [4.69, 9.17) is 4.74 Å². The molecule has 6 nitrogen and oxygen atoms in total. The van der Waals surface area contributed by atoms with Crippen LogP contribution in [0.25, 0.3) is 0 Å². The van der Waals surface area contributed by atoms with Crippen molar-refractivity contribution in [2.45, 2.75) is 82.7 Å². The zero-order valence-electron chi connectivity index (χ0n) is 20.0. The number of ether oxygens (including phenoxy) is 1. The van der Waals surface area contributed by atoms with Crippen molar-refractivity contribution in [1.29, 1.82) is 0 Å². The summed E-state index contributed by atoms with van der Waals surface area (Å²) in [5.41, 5.74) is -5.33. The summed E-state index contributed by atoms with van der Waals surface area (Å²) in [5, 5.41) is 47.0. The molecule has 0 heterocycles. The van der Waals surface area contributed by atoms with E-state index in [-0.39, 0.29) is 19.4 Å². The van der Waals surface area contributed by atoms with E-state index in [9.17, 15) is 25.2 Å². The number of hydrogen-bond acceptors (Lipinski definition) is 6. The molecule has 6 heteroatoms. The van der Waals surface area contributed by atoms with Crippen molar-refractivity contribution in [2.75, 3.05) is 6.61 Å². The second-order valence-corrected chi connectivity index (χ2v) is 11.7. The fourth-order valence-electron chi connectivity index (χ4n) is 7.51. The van der Waals surface area contributed by atoms with Gasteiger partial charge in [-0.25, -0.2) is 4.79 Å². The van der Waals surface area contributed by atoms with Gasteiger partial charge in [0.1, 0.15) is 23.9 Å². The van der Waals surface area contributed by atoms with Gasteiger partial charge in [0, 0.05) is 11.3 Å². The van der Waals surface area contributed by atoms with Gasteiger partial charge in [-0.05, 0) is 55.1 Å². The fourth-order valence-corrected chi connectivity index (χ4v) is 7.51. The van der Waals surface area contributed by atoms with E-state index in [1.165, 1.54) is 0 Å². The van der Waals surface area contributed by atoms with Crippen LogP contribution in [0.15, 0.2) is 43.0 Å². The van der Waals surface area contributed by atoms with E-state index in [0.29, 0.717) is 18.4 Å². The first-order valence-corrected chi connectivity index (χ1v) is 12.0. The first kappa shape index (κ1) is 24.4. The Kier molecular flexibility index (Phi) is 5.85. The predicted octanol–water partition coefficient (Wildman–Crippen LogP) is 3.23. The summed E-state index contributed by atoms with van der Waals surface area (Å²) in [6, 6.07) is 8.67. The van der Waals surface area contributed by atoms with Gasteiger partial charge in [-0.3, -0.25) is 0 Å². The normalized spacial score (nSPS) is 44.3. The number of esters is 1. The number of hydrogen-bond donors (Lipinski definition) is 4. The summed E-state index contributed by atoms with van der Waals surface area (Å²) in [5.74, 6) is -1.07. The van der Waals surface area contributed by atoms with Crippen LogP contribution in [0.3, 0.4) is 0 Å². The van der Waals surface area contributed by atoms with Gasteiger partial charge in [0.2, 0.25) is 0 Å². The number of aliphatic hydroxyl groups is 4. The molecule has 3 aliphatic carbocycles. The molecule has 33 heavy (non-hydrogen) atoms. The summed E-state index contributed by atoms with van der Waals surface area (Å²) < 4.78 is 5.82. The Balaban J connectivity index is 1.81. The average molecular weight is 459 g/mol. The standard InChI is InChI=1S/C27H38O6/c1-5-24(4)14-15-27(32)25(17-33-22(30)18-10-7-6-8-11-18)13-9-12-23(2,3)20(25)19(28)21(29)26(27,31)16-24/h5-8,10-11,19-21,28-29,31-32H,1,9,12-17H2,2-4H3. The SMILES string of the molecule is C=CC1(C)CCC2(O)C(O)(C1)C(O)C(O)C1C(C)(C)CCCC12COC(=O)c1ccccc1. The number of aliphatic hydroxyl groups excluding tert-OH is 2. The topological polar surface area (TPSA) is 107 Å². The fraction of sp³-hybridized carbons (Fsp3) is 0.667. The van der Waals surface area contributed by atoms with Crippen LogP contribution in [-0.4, -0.2) is 56.4 Å². The minimum absolute atomic E-state index is 0.0692. The van der Waals surface area contributed by atoms with Crippen LogP contribution >= 0.6 is 0 Å².